The summed E-state index contributed by atoms with van der Waals surface area (Å²) in [6.07, 6.45) is 0.979. The number of rotatable bonds is 5. The van der Waals surface area contributed by atoms with Crippen LogP contribution in [-0.4, -0.2) is 65.3 Å². The third kappa shape index (κ3) is 4.61. The standard InChI is InChI=1S/C22H23F3N4O4S/c23-22(24,25)15-3-5-18(6-4-15)34(31,32)28-8-7-21(30)29-13-17(9-16(29)12-28)33-20-11-26-19(10-27-20)14-1-2-14/h3-6,10-11,14,16-17H,1-2,7-9,12-13H2. The minimum Gasteiger partial charge on any atom is -0.471 e. The van der Waals surface area contributed by atoms with Crippen LogP contribution in [0.2, 0.25) is 0 Å². The second kappa shape index (κ2) is 8.49. The van der Waals surface area contributed by atoms with Crippen molar-refractivity contribution in [2.24, 2.45) is 0 Å². The van der Waals surface area contributed by atoms with Crippen LogP contribution in [0.3, 0.4) is 0 Å². The van der Waals surface area contributed by atoms with Crippen LogP contribution in [-0.2, 0) is 21.0 Å². The Bertz CT molecular complexity index is 1170. The highest BCUT2D eigenvalue weighted by molar-refractivity contribution is 7.89. The van der Waals surface area contributed by atoms with E-state index in [0.717, 1.165) is 42.8 Å². The van der Waals surface area contributed by atoms with E-state index in [1.807, 2.05) is 0 Å². The Morgan fingerprint density at radius 2 is 1.76 bits per heavy atom. The monoisotopic (exact) mass is 496 g/mol. The minimum atomic E-state index is -4.56. The van der Waals surface area contributed by atoms with Gasteiger partial charge in [-0.15, -0.1) is 0 Å². The fourth-order valence-electron chi connectivity index (χ4n) is 4.46. The molecular formula is C22H23F3N4O4S. The molecule has 34 heavy (non-hydrogen) atoms. The van der Waals surface area contributed by atoms with Gasteiger partial charge in [0.25, 0.3) is 0 Å². The summed E-state index contributed by atoms with van der Waals surface area (Å²) in [5, 5.41) is 0. The number of carbonyl (C=O) groups is 1. The average molecular weight is 497 g/mol. The van der Waals surface area contributed by atoms with Crippen molar-refractivity contribution < 1.29 is 31.1 Å². The summed E-state index contributed by atoms with van der Waals surface area (Å²) in [4.78, 5) is 22.7. The molecule has 5 rings (SSSR count). The highest BCUT2D eigenvalue weighted by atomic mass is 32.2. The molecule has 0 N–H and O–H groups in total. The molecule has 2 aliphatic heterocycles. The van der Waals surface area contributed by atoms with Crippen molar-refractivity contribution in [2.75, 3.05) is 19.6 Å². The number of halogens is 3. The van der Waals surface area contributed by atoms with Crippen LogP contribution in [0, 0.1) is 0 Å². The van der Waals surface area contributed by atoms with E-state index in [1.165, 1.54) is 4.31 Å². The Morgan fingerprint density at radius 1 is 1.03 bits per heavy atom. The van der Waals surface area contributed by atoms with Gasteiger partial charge in [0.2, 0.25) is 21.8 Å². The Labute approximate surface area is 194 Å². The lowest BCUT2D eigenvalue weighted by Gasteiger charge is -2.25. The number of alkyl halides is 3. The van der Waals surface area contributed by atoms with E-state index in [4.69, 9.17) is 4.74 Å². The number of amides is 1. The molecule has 1 aliphatic carbocycles. The van der Waals surface area contributed by atoms with Gasteiger partial charge in [-0.2, -0.15) is 17.5 Å². The molecule has 2 atom stereocenters. The summed E-state index contributed by atoms with van der Waals surface area (Å²) < 4.78 is 71.9. The minimum absolute atomic E-state index is 0.0149. The molecule has 2 aromatic rings. The normalized spacial score (nSPS) is 24.1. The lowest BCUT2D eigenvalue weighted by Crippen LogP contribution is -2.40. The van der Waals surface area contributed by atoms with Crippen molar-refractivity contribution in [1.82, 2.24) is 19.2 Å². The van der Waals surface area contributed by atoms with E-state index in [0.29, 0.717) is 24.8 Å². The molecule has 1 amide bonds. The van der Waals surface area contributed by atoms with Gasteiger partial charge in [-0.05, 0) is 37.1 Å². The Morgan fingerprint density at radius 3 is 2.38 bits per heavy atom. The molecule has 3 heterocycles. The summed E-state index contributed by atoms with van der Waals surface area (Å²) in [6.45, 7) is 0.319. The van der Waals surface area contributed by atoms with Crippen molar-refractivity contribution >= 4 is 15.9 Å². The van der Waals surface area contributed by atoms with Gasteiger partial charge in [0.15, 0.2) is 0 Å². The molecule has 0 bridgehead atoms. The second-order valence-electron chi connectivity index (χ2n) is 8.86. The van der Waals surface area contributed by atoms with Crippen LogP contribution in [0.1, 0.15) is 42.9 Å². The number of ether oxygens (including phenoxy) is 1. The van der Waals surface area contributed by atoms with Crippen molar-refractivity contribution in [2.45, 2.75) is 54.8 Å². The van der Waals surface area contributed by atoms with Crippen LogP contribution in [0.5, 0.6) is 5.88 Å². The number of aromatic nitrogens is 2. The lowest BCUT2D eigenvalue weighted by atomic mass is 10.2. The number of hydrogen-bond acceptors (Lipinski definition) is 6. The molecule has 0 spiro atoms. The van der Waals surface area contributed by atoms with E-state index >= 15 is 0 Å². The summed E-state index contributed by atoms with van der Waals surface area (Å²) in [5.41, 5.74) is 0.0136. The number of carbonyl (C=O) groups excluding carboxylic acids is 1. The van der Waals surface area contributed by atoms with E-state index in [1.54, 1.807) is 17.3 Å². The first-order chi connectivity index (χ1) is 16.1. The molecule has 3 fully saturated rings. The quantitative estimate of drug-likeness (QED) is 0.632. The molecule has 8 nitrogen and oxygen atoms in total. The molecule has 1 aromatic carbocycles. The fraction of sp³-hybridized carbons (Fsp3) is 0.500. The van der Waals surface area contributed by atoms with E-state index in [-0.39, 0.29) is 36.4 Å². The number of fused-ring (bicyclic) bond motifs is 1. The van der Waals surface area contributed by atoms with Gasteiger partial charge in [0.05, 0.1) is 35.1 Å². The van der Waals surface area contributed by atoms with Crippen LogP contribution in [0.25, 0.3) is 0 Å². The van der Waals surface area contributed by atoms with Gasteiger partial charge in [-0.25, -0.2) is 13.4 Å². The predicted octanol–water partition coefficient (Wildman–Crippen LogP) is 2.82. The van der Waals surface area contributed by atoms with Crippen LogP contribution >= 0.6 is 0 Å². The van der Waals surface area contributed by atoms with Crippen molar-refractivity contribution in [3.63, 3.8) is 0 Å². The van der Waals surface area contributed by atoms with Gasteiger partial charge in [-0.3, -0.25) is 9.78 Å². The van der Waals surface area contributed by atoms with Gasteiger partial charge < -0.3 is 9.64 Å². The Hall–Kier alpha value is -2.73. The van der Waals surface area contributed by atoms with Crippen molar-refractivity contribution in [3.05, 3.63) is 47.9 Å². The van der Waals surface area contributed by atoms with Gasteiger partial charge in [-0.1, -0.05) is 0 Å². The zero-order valence-corrected chi connectivity index (χ0v) is 18.9. The van der Waals surface area contributed by atoms with Crippen LogP contribution in [0.15, 0.2) is 41.6 Å². The van der Waals surface area contributed by atoms with Crippen LogP contribution < -0.4 is 4.74 Å². The highest BCUT2D eigenvalue weighted by Crippen LogP contribution is 2.38. The predicted molar refractivity (Wildman–Crippen MR) is 113 cm³/mol. The second-order valence-corrected chi connectivity index (χ2v) is 10.8. The van der Waals surface area contributed by atoms with Crippen LogP contribution in [0.4, 0.5) is 13.2 Å². The summed E-state index contributed by atoms with van der Waals surface area (Å²) in [6, 6.07) is 3.00. The zero-order valence-electron chi connectivity index (χ0n) is 18.1. The molecule has 2 saturated heterocycles. The maximum atomic E-state index is 13.1. The van der Waals surface area contributed by atoms with E-state index in [9.17, 15) is 26.4 Å². The number of sulfonamides is 1. The number of nitrogens with zero attached hydrogens (tertiary/aromatic N) is 4. The number of benzene rings is 1. The molecule has 0 radical (unpaired) electrons. The first-order valence-electron chi connectivity index (χ1n) is 11.1. The summed E-state index contributed by atoms with van der Waals surface area (Å²) in [7, 11) is -4.07. The van der Waals surface area contributed by atoms with Gasteiger partial charge in [0, 0.05) is 37.9 Å². The maximum Gasteiger partial charge on any atom is 0.416 e. The topological polar surface area (TPSA) is 92.7 Å². The molecule has 1 saturated carbocycles. The highest BCUT2D eigenvalue weighted by Gasteiger charge is 2.42. The third-order valence-corrected chi connectivity index (χ3v) is 8.32. The SMILES string of the molecule is O=C1CCN(S(=O)(=O)c2ccc(C(F)(F)F)cc2)CC2CC(Oc3cnc(C4CC4)cn3)CN12. The zero-order chi connectivity index (χ0) is 24.1. The van der Waals surface area contributed by atoms with Crippen molar-refractivity contribution in [1.29, 1.82) is 0 Å². The number of hydrogen-bond donors (Lipinski definition) is 0. The molecule has 12 heteroatoms. The van der Waals surface area contributed by atoms with Gasteiger partial charge >= 0.3 is 6.18 Å². The molecular weight excluding hydrogens is 473 g/mol. The molecule has 1 aromatic heterocycles. The summed E-state index contributed by atoms with van der Waals surface area (Å²) >= 11 is 0. The third-order valence-electron chi connectivity index (χ3n) is 6.44. The lowest BCUT2D eigenvalue weighted by molar-refractivity contribution is -0.137. The van der Waals surface area contributed by atoms with Crippen molar-refractivity contribution in [3.8, 4) is 5.88 Å². The fourth-order valence-corrected chi connectivity index (χ4v) is 5.94. The Kier molecular flexibility index (Phi) is 5.75. The first kappa shape index (κ1) is 23.0. The maximum absolute atomic E-state index is 13.1. The first-order valence-corrected chi connectivity index (χ1v) is 12.5. The van der Waals surface area contributed by atoms with E-state index in [2.05, 4.69) is 9.97 Å². The summed E-state index contributed by atoms with van der Waals surface area (Å²) in [5.74, 6) is 0.645. The smallest absolute Gasteiger partial charge is 0.416 e. The molecule has 2 unspecified atom stereocenters. The largest absolute Gasteiger partial charge is 0.471 e. The molecule has 3 aliphatic rings. The Balaban J connectivity index is 1.28. The average Bonchev–Trinajstić information content (AvgIpc) is 3.59. The molecule has 182 valence electrons. The van der Waals surface area contributed by atoms with Gasteiger partial charge in [0.1, 0.15) is 6.10 Å². The van der Waals surface area contributed by atoms with E-state index < -0.39 is 27.8 Å².